The van der Waals surface area contributed by atoms with Crippen LogP contribution in [0.1, 0.15) is 22.3 Å². The highest BCUT2D eigenvalue weighted by atomic mass is 16.5. The van der Waals surface area contributed by atoms with Crippen molar-refractivity contribution >= 4 is 23.5 Å². The van der Waals surface area contributed by atoms with Crippen molar-refractivity contribution in [2.24, 2.45) is 5.92 Å². The van der Waals surface area contributed by atoms with Gasteiger partial charge >= 0.3 is 5.97 Å². The average molecular weight is 290 g/mol. The minimum absolute atomic E-state index is 0.110. The van der Waals surface area contributed by atoms with Gasteiger partial charge < -0.3 is 15.0 Å². The first kappa shape index (κ1) is 15.0. The minimum atomic E-state index is -0.430. The maximum Gasteiger partial charge on any atom is 0.311 e. The molecule has 112 valence electrons. The van der Waals surface area contributed by atoms with Crippen LogP contribution in [0.25, 0.3) is 0 Å². The van der Waals surface area contributed by atoms with E-state index < -0.39 is 5.92 Å². The molecule has 0 aliphatic carbocycles. The Balaban J connectivity index is 2.25. The molecule has 1 aromatic carbocycles. The fourth-order valence-corrected chi connectivity index (χ4v) is 2.51. The van der Waals surface area contributed by atoms with Gasteiger partial charge in [0.25, 0.3) is 5.91 Å². The standard InChI is InChI=1S/C15H18N2O4/c1-9-6-10(14(19)16-2)4-5-12(9)17-8-11(7-13(17)18)15(20)21-3/h4-6,11H,7-8H2,1-3H3,(H,16,19). The molecule has 1 atom stereocenters. The summed E-state index contributed by atoms with van der Waals surface area (Å²) < 4.78 is 4.69. The van der Waals surface area contributed by atoms with E-state index in [1.165, 1.54) is 7.11 Å². The molecule has 1 aliphatic heterocycles. The van der Waals surface area contributed by atoms with Crippen LogP contribution in [0, 0.1) is 12.8 Å². The van der Waals surface area contributed by atoms with E-state index in [4.69, 9.17) is 4.74 Å². The number of aryl methyl sites for hydroxylation is 1. The van der Waals surface area contributed by atoms with Crippen molar-refractivity contribution < 1.29 is 19.1 Å². The van der Waals surface area contributed by atoms with Crippen LogP contribution in [0.3, 0.4) is 0 Å². The molecule has 0 radical (unpaired) electrons. The van der Waals surface area contributed by atoms with Crippen molar-refractivity contribution in [1.82, 2.24) is 5.32 Å². The molecular formula is C15H18N2O4. The molecule has 1 saturated heterocycles. The van der Waals surface area contributed by atoms with E-state index in [2.05, 4.69) is 5.32 Å². The zero-order valence-electron chi connectivity index (χ0n) is 12.3. The van der Waals surface area contributed by atoms with Crippen molar-refractivity contribution in [2.45, 2.75) is 13.3 Å². The van der Waals surface area contributed by atoms with E-state index in [1.54, 1.807) is 30.1 Å². The topological polar surface area (TPSA) is 75.7 Å². The van der Waals surface area contributed by atoms with Crippen LogP contribution in [0.5, 0.6) is 0 Å². The number of hydrogen-bond donors (Lipinski definition) is 1. The van der Waals surface area contributed by atoms with E-state index in [0.29, 0.717) is 12.1 Å². The summed E-state index contributed by atoms with van der Waals surface area (Å²) in [5, 5.41) is 2.56. The number of carbonyl (C=O) groups is 3. The zero-order chi connectivity index (χ0) is 15.6. The number of carbonyl (C=O) groups excluding carboxylic acids is 3. The first-order valence-corrected chi connectivity index (χ1v) is 6.68. The summed E-state index contributed by atoms with van der Waals surface area (Å²) >= 11 is 0. The van der Waals surface area contributed by atoms with E-state index >= 15 is 0 Å². The third-order valence-electron chi connectivity index (χ3n) is 3.64. The molecule has 0 aromatic heterocycles. The number of esters is 1. The summed E-state index contributed by atoms with van der Waals surface area (Å²) in [6.07, 6.45) is 0.156. The summed E-state index contributed by atoms with van der Waals surface area (Å²) in [4.78, 5) is 36.8. The lowest BCUT2D eigenvalue weighted by Crippen LogP contribution is -2.27. The Morgan fingerprint density at radius 3 is 2.67 bits per heavy atom. The van der Waals surface area contributed by atoms with Crippen LogP contribution in [-0.4, -0.2) is 38.5 Å². The van der Waals surface area contributed by atoms with Gasteiger partial charge in [0, 0.05) is 31.3 Å². The summed E-state index contributed by atoms with van der Waals surface area (Å²) in [5.74, 6) is -1.09. The van der Waals surface area contributed by atoms with E-state index in [1.807, 2.05) is 6.92 Å². The van der Waals surface area contributed by atoms with Gasteiger partial charge in [0.2, 0.25) is 5.91 Å². The molecule has 0 bridgehead atoms. The Labute approximate surface area is 123 Å². The average Bonchev–Trinajstić information content (AvgIpc) is 2.87. The van der Waals surface area contributed by atoms with E-state index in [9.17, 15) is 14.4 Å². The molecule has 21 heavy (non-hydrogen) atoms. The first-order valence-electron chi connectivity index (χ1n) is 6.68. The highest BCUT2D eigenvalue weighted by Crippen LogP contribution is 2.29. The maximum atomic E-state index is 12.1. The molecule has 1 aromatic rings. The van der Waals surface area contributed by atoms with Gasteiger partial charge in [0.05, 0.1) is 13.0 Å². The number of nitrogens with one attached hydrogen (secondary N) is 1. The SMILES string of the molecule is CNC(=O)c1ccc(N2CC(C(=O)OC)CC2=O)c(C)c1. The van der Waals surface area contributed by atoms with Crippen molar-refractivity contribution in [3.05, 3.63) is 29.3 Å². The van der Waals surface area contributed by atoms with Gasteiger partial charge in [0.15, 0.2) is 0 Å². The van der Waals surface area contributed by atoms with Crippen LogP contribution in [0.15, 0.2) is 18.2 Å². The molecule has 0 saturated carbocycles. The van der Waals surface area contributed by atoms with Crippen molar-refractivity contribution in [2.75, 3.05) is 25.6 Å². The maximum absolute atomic E-state index is 12.1. The summed E-state index contributed by atoms with van der Waals surface area (Å²) in [7, 11) is 2.88. The summed E-state index contributed by atoms with van der Waals surface area (Å²) in [5.41, 5.74) is 2.07. The Morgan fingerprint density at radius 2 is 2.10 bits per heavy atom. The molecule has 2 rings (SSSR count). The second-order valence-corrected chi connectivity index (χ2v) is 5.01. The second-order valence-electron chi connectivity index (χ2n) is 5.01. The number of benzene rings is 1. The normalized spacial score (nSPS) is 17.8. The Morgan fingerprint density at radius 1 is 1.38 bits per heavy atom. The van der Waals surface area contributed by atoms with Crippen LogP contribution >= 0.6 is 0 Å². The first-order chi connectivity index (χ1) is 9.97. The van der Waals surface area contributed by atoms with Crippen molar-refractivity contribution in [3.8, 4) is 0 Å². The molecule has 1 fully saturated rings. The lowest BCUT2D eigenvalue weighted by Gasteiger charge is -2.19. The van der Waals surface area contributed by atoms with Gasteiger partial charge in [0.1, 0.15) is 0 Å². The highest BCUT2D eigenvalue weighted by Gasteiger charge is 2.36. The Kier molecular flexibility index (Phi) is 4.26. The van der Waals surface area contributed by atoms with Gasteiger partial charge in [-0.3, -0.25) is 14.4 Å². The fourth-order valence-electron chi connectivity index (χ4n) is 2.51. The number of rotatable bonds is 3. The van der Waals surface area contributed by atoms with Gasteiger partial charge in [-0.15, -0.1) is 0 Å². The number of amides is 2. The molecule has 2 amide bonds. The predicted octanol–water partition coefficient (Wildman–Crippen LogP) is 0.881. The van der Waals surface area contributed by atoms with E-state index in [-0.39, 0.29) is 24.2 Å². The molecule has 6 heteroatoms. The minimum Gasteiger partial charge on any atom is -0.469 e. The fraction of sp³-hybridized carbons (Fsp3) is 0.400. The number of hydrogen-bond acceptors (Lipinski definition) is 4. The molecule has 1 aliphatic rings. The third-order valence-corrected chi connectivity index (χ3v) is 3.64. The molecule has 0 spiro atoms. The lowest BCUT2D eigenvalue weighted by atomic mass is 10.1. The highest BCUT2D eigenvalue weighted by molar-refractivity contribution is 6.01. The van der Waals surface area contributed by atoms with Crippen molar-refractivity contribution in [1.29, 1.82) is 0 Å². The molecule has 1 N–H and O–H groups in total. The lowest BCUT2D eigenvalue weighted by molar-refractivity contribution is -0.145. The van der Waals surface area contributed by atoms with Crippen LogP contribution in [-0.2, 0) is 14.3 Å². The number of anilines is 1. The van der Waals surface area contributed by atoms with Crippen molar-refractivity contribution in [3.63, 3.8) is 0 Å². The predicted molar refractivity (Wildman–Crippen MR) is 77.0 cm³/mol. The Hall–Kier alpha value is -2.37. The van der Waals surface area contributed by atoms with E-state index in [0.717, 1.165) is 11.3 Å². The zero-order valence-corrected chi connectivity index (χ0v) is 12.3. The van der Waals surface area contributed by atoms with Gasteiger partial charge in [-0.2, -0.15) is 0 Å². The molecule has 1 unspecified atom stereocenters. The monoisotopic (exact) mass is 290 g/mol. The summed E-state index contributed by atoms with van der Waals surface area (Å²) in [6, 6.07) is 5.13. The van der Waals surface area contributed by atoms with Crippen LogP contribution < -0.4 is 10.2 Å². The van der Waals surface area contributed by atoms with Crippen LogP contribution in [0.2, 0.25) is 0 Å². The Bertz CT molecular complexity index is 597. The van der Waals surface area contributed by atoms with Crippen LogP contribution in [0.4, 0.5) is 5.69 Å². The smallest absolute Gasteiger partial charge is 0.311 e. The van der Waals surface area contributed by atoms with Gasteiger partial charge in [-0.05, 0) is 30.7 Å². The quantitative estimate of drug-likeness (QED) is 0.839. The number of ether oxygens (including phenoxy) is 1. The molecular weight excluding hydrogens is 272 g/mol. The number of methoxy groups -OCH3 is 1. The molecule has 6 nitrogen and oxygen atoms in total. The van der Waals surface area contributed by atoms with Gasteiger partial charge in [-0.1, -0.05) is 0 Å². The third kappa shape index (κ3) is 2.89. The number of nitrogens with zero attached hydrogens (tertiary/aromatic N) is 1. The second kappa shape index (κ2) is 5.95. The van der Waals surface area contributed by atoms with Gasteiger partial charge in [-0.25, -0.2) is 0 Å². The summed E-state index contributed by atoms with van der Waals surface area (Å²) in [6.45, 7) is 2.15. The molecule has 1 heterocycles. The largest absolute Gasteiger partial charge is 0.469 e.